The first kappa shape index (κ1) is 19.2. The molecule has 4 atom stereocenters. The van der Waals surface area contributed by atoms with E-state index < -0.39 is 0 Å². The first-order chi connectivity index (χ1) is 13.1. The first-order valence-corrected chi connectivity index (χ1v) is 11.0. The molecule has 2 bridgehead atoms. The zero-order chi connectivity index (χ0) is 19.0. The second-order valence-electron chi connectivity index (χ2n) is 7.50. The number of hydrogen-bond acceptors (Lipinski definition) is 3. The van der Waals surface area contributed by atoms with Crippen LogP contribution in [0.2, 0.25) is 0 Å². The molecule has 2 aromatic rings. The standard InChI is InChI=1S/C22H24Br2N2O/c1-26-21(14-6-10-16(23)11-7-14)18-4-3-5-19(20(18)25-27-2)22(26)15-8-12-17(24)13-9-15/h6-13,18-19,21-22H,3-5H2,1-2H3/t18-,19+,21-,22+. The Morgan fingerprint density at radius 1 is 0.852 bits per heavy atom. The van der Waals surface area contributed by atoms with Crippen LogP contribution in [0.4, 0.5) is 0 Å². The quantitative estimate of drug-likeness (QED) is 0.466. The minimum absolute atomic E-state index is 0.303. The molecule has 2 aromatic carbocycles. The molecule has 0 radical (unpaired) electrons. The number of oxime groups is 1. The molecule has 0 amide bonds. The summed E-state index contributed by atoms with van der Waals surface area (Å²) in [7, 11) is 3.94. The molecule has 1 saturated carbocycles. The summed E-state index contributed by atoms with van der Waals surface area (Å²) < 4.78 is 2.22. The van der Waals surface area contributed by atoms with E-state index >= 15 is 0 Å². The molecule has 142 valence electrons. The summed E-state index contributed by atoms with van der Waals surface area (Å²) in [6.07, 6.45) is 3.57. The van der Waals surface area contributed by atoms with Crippen molar-refractivity contribution < 1.29 is 4.84 Å². The van der Waals surface area contributed by atoms with Crippen LogP contribution in [0.3, 0.4) is 0 Å². The van der Waals surface area contributed by atoms with Crippen molar-refractivity contribution in [1.29, 1.82) is 0 Å². The summed E-state index contributed by atoms with van der Waals surface area (Å²) in [6, 6.07) is 18.1. The molecule has 2 fully saturated rings. The average Bonchev–Trinajstić information content (AvgIpc) is 2.66. The second kappa shape index (κ2) is 8.06. The highest BCUT2D eigenvalue weighted by Gasteiger charge is 2.48. The van der Waals surface area contributed by atoms with E-state index in [1.807, 2.05) is 0 Å². The molecule has 0 unspecified atom stereocenters. The van der Waals surface area contributed by atoms with Gasteiger partial charge in [-0.1, -0.05) is 67.7 Å². The van der Waals surface area contributed by atoms with E-state index in [-0.39, 0.29) is 0 Å². The van der Waals surface area contributed by atoms with Crippen molar-refractivity contribution in [2.75, 3.05) is 14.2 Å². The molecule has 4 rings (SSSR count). The Bertz CT molecular complexity index is 756. The molecule has 3 nitrogen and oxygen atoms in total. The highest BCUT2D eigenvalue weighted by Crippen LogP contribution is 2.51. The van der Waals surface area contributed by atoms with Gasteiger partial charge in [0.15, 0.2) is 0 Å². The number of rotatable bonds is 3. The Kier molecular flexibility index (Phi) is 5.72. The molecule has 27 heavy (non-hydrogen) atoms. The summed E-state index contributed by atoms with van der Waals surface area (Å²) in [5.41, 5.74) is 3.93. The summed E-state index contributed by atoms with van der Waals surface area (Å²) >= 11 is 7.14. The SMILES string of the molecule is CON=C1[C@H]2CCC[C@@H]1[C@H](c1ccc(Br)cc1)N(C)[C@@H]2c1ccc(Br)cc1. The number of hydrogen-bond donors (Lipinski definition) is 0. The van der Waals surface area contributed by atoms with Crippen molar-refractivity contribution in [2.45, 2.75) is 31.3 Å². The number of halogens is 2. The van der Waals surface area contributed by atoms with Gasteiger partial charge in [0, 0.05) is 32.9 Å². The van der Waals surface area contributed by atoms with E-state index in [2.05, 4.69) is 97.5 Å². The molecule has 1 aliphatic heterocycles. The van der Waals surface area contributed by atoms with Crippen LogP contribution in [0, 0.1) is 11.8 Å². The van der Waals surface area contributed by atoms with Crippen LogP contribution in [-0.2, 0) is 4.84 Å². The van der Waals surface area contributed by atoms with Gasteiger partial charge >= 0.3 is 0 Å². The highest BCUT2D eigenvalue weighted by atomic mass is 79.9. The smallest absolute Gasteiger partial charge is 0.106 e. The molecular formula is C22H24Br2N2O. The normalized spacial score (nSPS) is 29.7. The van der Waals surface area contributed by atoms with Crippen LogP contribution in [-0.4, -0.2) is 24.8 Å². The van der Waals surface area contributed by atoms with Crippen LogP contribution in [0.15, 0.2) is 62.6 Å². The summed E-state index contributed by atoms with van der Waals surface area (Å²) in [6.45, 7) is 0. The minimum Gasteiger partial charge on any atom is -0.399 e. The van der Waals surface area contributed by atoms with E-state index in [0.717, 1.165) is 21.8 Å². The summed E-state index contributed by atoms with van der Waals surface area (Å²) in [4.78, 5) is 7.88. The first-order valence-electron chi connectivity index (χ1n) is 9.44. The van der Waals surface area contributed by atoms with Gasteiger partial charge in [0.2, 0.25) is 0 Å². The van der Waals surface area contributed by atoms with Crippen molar-refractivity contribution in [3.8, 4) is 0 Å². The molecule has 1 aliphatic carbocycles. The Hall–Kier alpha value is -1.17. The van der Waals surface area contributed by atoms with Gasteiger partial charge in [0.25, 0.3) is 0 Å². The topological polar surface area (TPSA) is 24.8 Å². The number of fused-ring (bicyclic) bond motifs is 2. The van der Waals surface area contributed by atoms with Crippen LogP contribution in [0.5, 0.6) is 0 Å². The van der Waals surface area contributed by atoms with E-state index in [9.17, 15) is 0 Å². The van der Waals surface area contributed by atoms with Gasteiger partial charge in [-0.05, 0) is 55.3 Å². The van der Waals surface area contributed by atoms with Crippen molar-refractivity contribution in [3.05, 3.63) is 68.6 Å². The molecule has 1 saturated heterocycles. The Balaban J connectivity index is 1.82. The average molecular weight is 492 g/mol. The van der Waals surface area contributed by atoms with Gasteiger partial charge in [-0.3, -0.25) is 4.90 Å². The molecule has 0 aromatic heterocycles. The Morgan fingerprint density at radius 2 is 1.30 bits per heavy atom. The molecule has 0 N–H and O–H groups in total. The van der Waals surface area contributed by atoms with Gasteiger partial charge in [0.05, 0.1) is 5.71 Å². The number of benzene rings is 2. The summed E-state index contributed by atoms with van der Waals surface area (Å²) in [5.74, 6) is 0.808. The van der Waals surface area contributed by atoms with E-state index in [0.29, 0.717) is 23.9 Å². The van der Waals surface area contributed by atoms with Gasteiger partial charge < -0.3 is 4.84 Å². The van der Waals surface area contributed by atoms with E-state index in [1.54, 1.807) is 7.11 Å². The highest BCUT2D eigenvalue weighted by molar-refractivity contribution is 9.10. The van der Waals surface area contributed by atoms with Gasteiger partial charge in [0.1, 0.15) is 7.11 Å². The lowest BCUT2D eigenvalue weighted by Crippen LogP contribution is -2.51. The van der Waals surface area contributed by atoms with E-state index in [1.165, 1.54) is 23.3 Å². The lowest BCUT2D eigenvalue weighted by atomic mass is 9.66. The second-order valence-corrected chi connectivity index (χ2v) is 9.33. The van der Waals surface area contributed by atoms with Crippen LogP contribution in [0.25, 0.3) is 0 Å². The van der Waals surface area contributed by atoms with Crippen molar-refractivity contribution >= 4 is 37.6 Å². The minimum atomic E-state index is 0.303. The van der Waals surface area contributed by atoms with Crippen molar-refractivity contribution in [3.63, 3.8) is 0 Å². The van der Waals surface area contributed by atoms with Gasteiger partial charge in [-0.2, -0.15) is 0 Å². The number of likely N-dealkylation sites (tertiary alicyclic amines) is 1. The van der Waals surface area contributed by atoms with Crippen LogP contribution < -0.4 is 0 Å². The van der Waals surface area contributed by atoms with Gasteiger partial charge in [-0.25, -0.2) is 0 Å². The lowest BCUT2D eigenvalue weighted by Gasteiger charge is -2.52. The molecule has 0 spiro atoms. The molecule has 5 heteroatoms. The van der Waals surface area contributed by atoms with Crippen molar-refractivity contribution in [1.82, 2.24) is 4.90 Å². The third kappa shape index (κ3) is 3.62. The van der Waals surface area contributed by atoms with Gasteiger partial charge in [-0.15, -0.1) is 0 Å². The van der Waals surface area contributed by atoms with Crippen molar-refractivity contribution in [2.24, 2.45) is 17.0 Å². The fourth-order valence-corrected chi connectivity index (χ4v) is 5.53. The maximum Gasteiger partial charge on any atom is 0.106 e. The third-order valence-electron chi connectivity index (χ3n) is 6.05. The monoisotopic (exact) mass is 490 g/mol. The van der Waals surface area contributed by atoms with Crippen LogP contribution >= 0.6 is 31.9 Å². The zero-order valence-corrected chi connectivity index (χ0v) is 18.8. The van der Waals surface area contributed by atoms with E-state index in [4.69, 9.17) is 4.84 Å². The predicted molar refractivity (Wildman–Crippen MR) is 117 cm³/mol. The number of nitrogens with zero attached hydrogens (tertiary/aromatic N) is 2. The largest absolute Gasteiger partial charge is 0.399 e. The summed E-state index contributed by atoms with van der Waals surface area (Å²) in [5, 5.41) is 4.56. The predicted octanol–water partition coefficient (Wildman–Crippen LogP) is 6.36. The molecule has 2 aliphatic rings. The fourth-order valence-electron chi connectivity index (χ4n) is 5.00. The Labute approximate surface area is 178 Å². The molecular weight excluding hydrogens is 468 g/mol. The Morgan fingerprint density at radius 3 is 1.70 bits per heavy atom. The molecule has 1 heterocycles. The van der Waals surface area contributed by atoms with Crippen LogP contribution in [0.1, 0.15) is 42.5 Å². The number of piperidine rings is 1. The fraction of sp³-hybridized carbons (Fsp3) is 0.409. The third-order valence-corrected chi connectivity index (χ3v) is 7.11. The maximum absolute atomic E-state index is 5.31. The lowest BCUT2D eigenvalue weighted by molar-refractivity contribution is 0.0609. The zero-order valence-electron chi connectivity index (χ0n) is 15.6. The maximum atomic E-state index is 5.31.